The lowest BCUT2D eigenvalue weighted by atomic mass is 9.87. The van der Waals surface area contributed by atoms with E-state index < -0.39 is 42.1 Å². The van der Waals surface area contributed by atoms with E-state index in [0.29, 0.717) is 28.0 Å². The number of allylic oxidation sites excluding steroid dienone is 1. The first-order valence-corrected chi connectivity index (χ1v) is 14.5. The average Bonchev–Trinajstić information content (AvgIpc) is 3.44. The summed E-state index contributed by atoms with van der Waals surface area (Å²) in [5.41, 5.74) is 1.76. The summed E-state index contributed by atoms with van der Waals surface area (Å²) >= 11 is 0. The van der Waals surface area contributed by atoms with Crippen LogP contribution in [0.5, 0.6) is 5.75 Å². The van der Waals surface area contributed by atoms with Gasteiger partial charge in [-0.1, -0.05) is 48.5 Å². The molecule has 0 atom stereocenters. The van der Waals surface area contributed by atoms with Crippen molar-refractivity contribution in [3.05, 3.63) is 119 Å². The molecule has 2 heterocycles. The van der Waals surface area contributed by atoms with Crippen LogP contribution in [0.25, 0.3) is 22.0 Å². The van der Waals surface area contributed by atoms with Gasteiger partial charge in [-0.25, -0.2) is 9.59 Å². The summed E-state index contributed by atoms with van der Waals surface area (Å²) in [5.74, 6) is -3.53. The molecular formula is C34H28F4N4O6. The number of nitrogens with one attached hydrogen (secondary N) is 3. The predicted molar refractivity (Wildman–Crippen MR) is 166 cm³/mol. The lowest BCUT2D eigenvalue weighted by molar-refractivity contribution is -0.142. The van der Waals surface area contributed by atoms with E-state index in [1.807, 2.05) is 0 Å². The smallest absolute Gasteiger partial charge is 0.393 e. The highest BCUT2D eigenvalue weighted by molar-refractivity contribution is 6.01. The number of likely N-dealkylation sites (N-methyl/N-ethyl adjacent to an activating group) is 1. The second-order valence-corrected chi connectivity index (χ2v) is 10.3. The van der Waals surface area contributed by atoms with Crippen LogP contribution in [0.3, 0.4) is 0 Å². The second kappa shape index (κ2) is 14.8. The van der Waals surface area contributed by atoms with E-state index in [9.17, 15) is 31.9 Å². The lowest BCUT2D eigenvalue weighted by Gasteiger charge is -2.19. The van der Waals surface area contributed by atoms with Crippen LogP contribution in [0, 0.1) is 5.95 Å². The summed E-state index contributed by atoms with van der Waals surface area (Å²) in [7, 11) is 1.32. The average molecular weight is 665 g/mol. The number of aromatic amines is 1. The normalized spacial score (nSPS) is 16.4. The summed E-state index contributed by atoms with van der Waals surface area (Å²) in [6.45, 7) is 0.131. The summed E-state index contributed by atoms with van der Waals surface area (Å²) < 4.78 is 72.3. The number of benzene rings is 3. The number of fused-ring (bicyclic) bond motifs is 1. The van der Waals surface area contributed by atoms with E-state index in [1.54, 1.807) is 60.7 Å². The Bertz CT molecular complexity index is 1920. The third kappa shape index (κ3) is 8.33. The minimum Gasteiger partial charge on any atom is -0.492 e. The first-order valence-electron chi connectivity index (χ1n) is 14.5. The number of H-pyrrole nitrogens is 1. The van der Waals surface area contributed by atoms with E-state index in [0.717, 1.165) is 12.2 Å². The molecule has 0 saturated heterocycles. The maximum absolute atomic E-state index is 14.5. The number of alkyl halides is 3. The third-order valence-corrected chi connectivity index (χ3v) is 7.04. The van der Waals surface area contributed by atoms with Crippen molar-refractivity contribution in [1.82, 2.24) is 20.8 Å². The van der Waals surface area contributed by atoms with Crippen molar-refractivity contribution in [3.63, 3.8) is 0 Å². The fraction of sp³-hybridized carbons (Fsp3) is 0.176. The zero-order valence-corrected chi connectivity index (χ0v) is 25.3. The Labute approximate surface area is 271 Å². The monoisotopic (exact) mass is 664 g/mol. The van der Waals surface area contributed by atoms with Crippen LogP contribution in [0.4, 0.5) is 17.6 Å². The lowest BCUT2D eigenvalue weighted by Crippen LogP contribution is -2.31. The van der Waals surface area contributed by atoms with Gasteiger partial charge in [-0.15, -0.1) is 0 Å². The molecule has 3 aromatic carbocycles. The minimum absolute atomic E-state index is 0.00531. The molecule has 1 aromatic heterocycles. The molecule has 1 aliphatic rings. The molecular weight excluding hydrogens is 636 g/mol. The van der Waals surface area contributed by atoms with Crippen LogP contribution in [-0.2, 0) is 23.9 Å². The number of amides is 1. The van der Waals surface area contributed by atoms with Crippen LogP contribution in [-0.4, -0.2) is 61.0 Å². The first-order chi connectivity index (χ1) is 23.0. The van der Waals surface area contributed by atoms with Gasteiger partial charge in [-0.3, -0.25) is 9.89 Å². The van der Waals surface area contributed by atoms with E-state index in [1.165, 1.54) is 19.2 Å². The zero-order valence-electron chi connectivity index (χ0n) is 25.3. The van der Waals surface area contributed by atoms with Gasteiger partial charge in [0.1, 0.15) is 12.4 Å². The molecule has 10 nitrogen and oxygen atoms in total. The molecule has 0 radical (unpaired) electrons. The minimum atomic E-state index is -4.54. The Kier molecular flexibility index (Phi) is 10.3. The zero-order chi connectivity index (χ0) is 34.3. The highest BCUT2D eigenvalue weighted by Gasteiger charge is 2.32. The molecule has 0 aliphatic carbocycles. The van der Waals surface area contributed by atoms with Crippen LogP contribution in [0.1, 0.15) is 23.1 Å². The number of hydrogen-bond acceptors (Lipinski definition) is 8. The van der Waals surface area contributed by atoms with E-state index >= 15 is 0 Å². The Morgan fingerprint density at radius 3 is 2.29 bits per heavy atom. The molecule has 0 fully saturated rings. The van der Waals surface area contributed by atoms with Crippen molar-refractivity contribution < 1.29 is 46.2 Å². The van der Waals surface area contributed by atoms with Crippen molar-refractivity contribution in [3.8, 4) is 5.75 Å². The Morgan fingerprint density at radius 1 is 0.917 bits per heavy atom. The number of hydrogen-bond donors (Lipinski definition) is 3. The van der Waals surface area contributed by atoms with Gasteiger partial charge in [0.05, 0.1) is 23.9 Å². The van der Waals surface area contributed by atoms with Crippen LogP contribution >= 0.6 is 0 Å². The molecule has 0 spiro atoms. The summed E-state index contributed by atoms with van der Waals surface area (Å²) in [5, 5.41) is 11.5. The van der Waals surface area contributed by atoms with Crippen LogP contribution < -0.4 is 15.4 Å². The number of ether oxygens (including phenoxy) is 3. The number of rotatable bonds is 11. The molecule has 0 bridgehead atoms. The molecule has 1 aliphatic heterocycles. The number of halogens is 4. The topological polar surface area (TPSA) is 132 Å². The Morgan fingerprint density at radius 2 is 1.60 bits per heavy atom. The summed E-state index contributed by atoms with van der Waals surface area (Å²) in [6, 6.07) is 19.2. The fourth-order valence-corrected chi connectivity index (χ4v) is 4.92. The molecule has 3 N–H and O–H groups in total. The molecule has 1 amide bonds. The molecule has 0 saturated carbocycles. The van der Waals surface area contributed by atoms with Gasteiger partial charge in [0.15, 0.2) is 5.76 Å². The van der Waals surface area contributed by atoms with Crippen LogP contribution in [0.15, 0.2) is 96.5 Å². The van der Waals surface area contributed by atoms with Gasteiger partial charge < -0.3 is 24.8 Å². The SMILES string of the molecule is CNC(=O)/C1=C(/CNCCOc2ccc(/C(=C(/CC(F)(F)F)c3ccccc3)c3ccc4n[nH]c(F)c4c3)cc2)OC(=O)/C=C\C(=O)O1. The molecule has 4 aromatic rings. The maximum atomic E-state index is 14.5. The number of cyclic esters (lactones) is 2. The van der Waals surface area contributed by atoms with Crippen LogP contribution in [0.2, 0.25) is 0 Å². The van der Waals surface area contributed by atoms with Gasteiger partial charge in [0, 0.05) is 25.7 Å². The fourth-order valence-electron chi connectivity index (χ4n) is 4.92. The van der Waals surface area contributed by atoms with E-state index in [-0.39, 0.29) is 42.0 Å². The number of aromatic nitrogens is 2. The van der Waals surface area contributed by atoms with Gasteiger partial charge in [0.2, 0.25) is 11.7 Å². The quantitative estimate of drug-likeness (QED) is 0.0864. The largest absolute Gasteiger partial charge is 0.492 e. The molecule has 0 unspecified atom stereocenters. The molecule has 5 rings (SSSR count). The van der Waals surface area contributed by atoms with Gasteiger partial charge in [0.25, 0.3) is 5.91 Å². The van der Waals surface area contributed by atoms with Gasteiger partial charge >= 0.3 is 18.1 Å². The van der Waals surface area contributed by atoms with Crippen molar-refractivity contribution in [2.45, 2.75) is 12.6 Å². The van der Waals surface area contributed by atoms with Gasteiger partial charge in [-0.05, 0) is 52.1 Å². The standard InChI is InChI=1S/C34H28F4N4O6/c1-39-33(45)31-27(47-28(43)13-14-29(44)48-31)19-40-15-16-46-23-10-7-21(8-11-23)30(22-9-12-26-24(17-22)32(35)42-41-26)25(18-34(36,37)38)20-5-3-2-4-6-20/h2-14,17,40H,15-16,18-19H2,1H3,(H,39,45)(H,41,42)/b14-13-,30-25+,31-27+. The van der Waals surface area contributed by atoms with Crippen molar-refractivity contribution in [1.29, 1.82) is 0 Å². The Hall–Kier alpha value is -5.76. The first kappa shape index (κ1) is 33.6. The van der Waals surface area contributed by atoms with Gasteiger partial charge in [-0.2, -0.15) is 22.7 Å². The number of esters is 2. The van der Waals surface area contributed by atoms with E-state index in [4.69, 9.17) is 14.2 Å². The number of nitrogens with zero attached hydrogens (tertiary/aromatic N) is 1. The predicted octanol–water partition coefficient (Wildman–Crippen LogP) is 5.20. The number of carbonyl (C=O) groups excluding carboxylic acids is 3. The summed E-state index contributed by atoms with van der Waals surface area (Å²) in [4.78, 5) is 35.9. The molecule has 248 valence electrons. The highest BCUT2D eigenvalue weighted by Crippen LogP contribution is 2.40. The molecule has 48 heavy (non-hydrogen) atoms. The van der Waals surface area contributed by atoms with E-state index in [2.05, 4.69) is 20.8 Å². The number of carbonyl (C=O) groups is 3. The van der Waals surface area contributed by atoms with Crippen molar-refractivity contribution >= 4 is 39.9 Å². The van der Waals surface area contributed by atoms with Crippen molar-refractivity contribution in [2.24, 2.45) is 0 Å². The van der Waals surface area contributed by atoms with Crippen molar-refractivity contribution in [2.75, 3.05) is 26.7 Å². The maximum Gasteiger partial charge on any atom is 0.393 e. The third-order valence-electron chi connectivity index (χ3n) is 7.04. The molecule has 14 heteroatoms. The second-order valence-electron chi connectivity index (χ2n) is 10.3. The Balaban J connectivity index is 1.37. The highest BCUT2D eigenvalue weighted by atomic mass is 19.4. The summed E-state index contributed by atoms with van der Waals surface area (Å²) in [6.07, 6.45) is -4.06.